The number of rotatable bonds is 6. The number of carboxylic acids is 1. The second-order valence-corrected chi connectivity index (χ2v) is 5.55. The fraction of sp³-hybridized carbons (Fsp3) is 0.385. The predicted octanol–water partition coefficient (Wildman–Crippen LogP) is 2.16. The minimum atomic E-state index is -1.18. The summed E-state index contributed by atoms with van der Waals surface area (Å²) in [6, 6.07) is 3.06. The van der Waals surface area contributed by atoms with Gasteiger partial charge in [-0.15, -0.1) is 11.8 Å². The standard InChI is InChI=1S/C13H16N2O5S/c1-7(2)11(13(17)18)14-12(16)9-6-8(21-3)4-5-10(9)15(19)20/h4-7,11H,1-3H3,(H,14,16)(H,17,18). The first-order valence-corrected chi connectivity index (χ1v) is 7.36. The Morgan fingerprint density at radius 1 is 1.38 bits per heavy atom. The van der Waals surface area contributed by atoms with Gasteiger partial charge < -0.3 is 10.4 Å². The molecule has 0 fully saturated rings. The van der Waals surface area contributed by atoms with Crippen LogP contribution in [0.3, 0.4) is 0 Å². The Morgan fingerprint density at radius 2 is 2.00 bits per heavy atom. The molecule has 2 N–H and O–H groups in total. The number of amides is 1. The maximum atomic E-state index is 12.2. The van der Waals surface area contributed by atoms with E-state index in [1.54, 1.807) is 20.1 Å². The molecule has 1 atom stereocenters. The van der Waals surface area contributed by atoms with Gasteiger partial charge in [0.25, 0.3) is 11.6 Å². The molecule has 114 valence electrons. The highest BCUT2D eigenvalue weighted by atomic mass is 32.2. The Bertz CT molecular complexity index is 574. The maximum absolute atomic E-state index is 12.2. The average Bonchev–Trinajstić information content (AvgIpc) is 2.42. The van der Waals surface area contributed by atoms with Crippen molar-refractivity contribution in [2.75, 3.05) is 6.26 Å². The zero-order chi connectivity index (χ0) is 16.2. The lowest BCUT2D eigenvalue weighted by atomic mass is 10.0. The van der Waals surface area contributed by atoms with Crippen LogP contribution >= 0.6 is 11.8 Å². The first-order valence-electron chi connectivity index (χ1n) is 6.14. The van der Waals surface area contributed by atoms with E-state index < -0.39 is 22.8 Å². The Balaban J connectivity index is 3.16. The fourth-order valence-electron chi connectivity index (χ4n) is 1.72. The molecule has 1 unspecified atom stereocenters. The van der Waals surface area contributed by atoms with E-state index in [0.29, 0.717) is 4.90 Å². The molecule has 0 aliphatic heterocycles. The number of carboxylic acid groups (broad SMARTS) is 1. The molecule has 0 aliphatic rings. The number of nitrogens with one attached hydrogen (secondary N) is 1. The highest BCUT2D eigenvalue weighted by Crippen LogP contribution is 2.25. The number of aliphatic carboxylic acids is 1. The van der Waals surface area contributed by atoms with E-state index in [4.69, 9.17) is 5.11 Å². The Labute approximate surface area is 125 Å². The molecule has 0 saturated carbocycles. The molecule has 1 aromatic carbocycles. The first kappa shape index (κ1) is 17.0. The minimum Gasteiger partial charge on any atom is -0.480 e. The van der Waals surface area contributed by atoms with E-state index >= 15 is 0 Å². The van der Waals surface area contributed by atoms with Crippen LogP contribution in [0.5, 0.6) is 0 Å². The summed E-state index contributed by atoms with van der Waals surface area (Å²) < 4.78 is 0. The number of benzene rings is 1. The van der Waals surface area contributed by atoms with E-state index in [0.717, 1.165) is 0 Å². The van der Waals surface area contributed by atoms with Crippen molar-refractivity contribution in [2.45, 2.75) is 24.8 Å². The van der Waals surface area contributed by atoms with E-state index in [1.807, 2.05) is 0 Å². The second kappa shape index (κ2) is 7.07. The number of nitro benzene ring substituents is 1. The van der Waals surface area contributed by atoms with Gasteiger partial charge in [-0.25, -0.2) is 4.79 Å². The Kier molecular flexibility index (Phi) is 5.71. The van der Waals surface area contributed by atoms with Crippen LogP contribution in [-0.2, 0) is 4.79 Å². The summed E-state index contributed by atoms with van der Waals surface area (Å²) in [7, 11) is 0. The quantitative estimate of drug-likeness (QED) is 0.473. The van der Waals surface area contributed by atoms with Gasteiger partial charge in [-0.05, 0) is 24.3 Å². The van der Waals surface area contributed by atoms with Gasteiger partial charge in [-0.3, -0.25) is 14.9 Å². The third kappa shape index (κ3) is 4.19. The van der Waals surface area contributed by atoms with Crippen LogP contribution in [0.4, 0.5) is 5.69 Å². The average molecular weight is 312 g/mol. The van der Waals surface area contributed by atoms with E-state index in [-0.39, 0.29) is 17.2 Å². The Hall–Kier alpha value is -2.09. The number of carbonyl (C=O) groups excluding carboxylic acids is 1. The molecule has 0 saturated heterocycles. The molecule has 1 amide bonds. The third-order valence-corrected chi connectivity index (χ3v) is 3.59. The van der Waals surface area contributed by atoms with Crippen LogP contribution in [0, 0.1) is 16.0 Å². The summed E-state index contributed by atoms with van der Waals surface area (Å²) in [5.41, 5.74) is -0.489. The topological polar surface area (TPSA) is 110 Å². The predicted molar refractivity (Wildman–Crippen MR) is 78.6 cm³/mol. The van der Waals surface area contributed by atoms with Crippen molar-refractivity contribution in [3.8, 4) is 0 Å². The van der Waals surface area contributed by atoms with Crippen molar-refractivity contribution in [1.29, 1.82) is 0 Å². The van der Waals surface area contributed by atoms with Gasteiger partial charge in [0, 0.05) is 11.0 Å². The summed E-state index contributed by atoms with van der Waals surface area (Å²) in [5.74, 6) is -2.28. The van der Waals surface area contributed by atoms with E-state index in [1.165, 1.54) is 30.0 Å². The van der Waals surface area contributed by atoms with Crippen molar-refractivity contribution < 1.29 is 19.6 Å². The fourth-order valence-corrected chi connectivity index (χ4v) is 2.16. The molecular weight excluding hydrogens is 296 g/mol. The molecule has 21 heavy (non-hydrogen) atoms. The second-order valence-electron chi connectivity index (χ2n) is 4.67. The molecule has 1 rings (SSSR count). The molecule has 0 radical (unpaired) electrons. The zero-order valence-electron chi connectivity index (χ0n) is 11.8. The lowest BCUT2D eigenvalue weighted by molar-refractivity contribution is -0.385. The van der Waals surface area contributed by atoms with E-state index in [2.05, 4.69) is 5.32 Å². The molecular formula is C13H16N2O5S. The lowest BCUT2D eigenvalue weighted by Gasteiger charge is -2.18. The van der Waals surface area contributed by atoms with Crippen molar-refractivity contribution in [3.05, 3.63) is 33.9 Å². The minimum absolute atomic E-state index is 0.140. The van der Waals surface area contributed by atoms with Crippen molar-refractivity contribution in [2.24, 2.45) is 5.92 Å². The number of nitrogens with zero attached hydrogens (tertiary/aromatic N) is 1. The van der Waals surface area contributed by atoms with Gasteiger partial charge in [-0.1, -0.05) is 13.8 Å². The van der Waals surface area contributed by atoms with Crippen LogP contribution in [-0.4, -0.2) is 34.2 Å². The molecule has 0 bridgehead atoms. The zero-order valence-corrected chi connectivity index (χ0v) is 12.6. The molecule has 1 aromatic rings. The van der Waals surface area contributed by atoms with Crippen molar-refractivity contribution >= 4 is 29.3 Å². The van der Waals surface area contributed by atoms with Crippen molar-refractivity contribution in [3.63, 3.8) is 0 Å². The number of carbonyl (C=O) groups is 2. The monoisotopic (exact) mass is 312 g/mol. The van der Waals surface area contributed by atoms with Gasteiger partial charge in [0.1, 0.15) is 11.6 Å². The van der Waals surface area contributed by atoms with Gasteiger partial charge in [0.2, 0.25) is 0 Å². The molecule has 0 aliphatic carbocycles. The summed E-state index contributed by atoms with van der Waals surface area (Å²) in [4.78, 5) is 34.3. The van der Waals surface area contributed by atoms with Crippen LogP contribution in [0.1, 0.15) is 24.2 Å². The number of nitro groups is 1. The summed E-state index contributed by atoms with van der Waals surface area (Å²) in [5, 5.41) is 22.4. The van der Waals surface area contributed by atoms with Gasteiger partial charge in [-0.2, -0.15) is 0 Å². The van der Waals surface area contributed by atoms with Crippen LogP contribution < -0.4 is 5.32 Å². The van der Waals surface area contributed by atoms with Crippen LogP contribution in [0.2, 0.25) is 0 Å². The molecule has 7 nitrogen and oxygen atoms in total. The van der Waals surface area contributed by atoms with Gasteiger partial charge in [0.15, 0.2) is 0 Å². The first-order chi connectivity index (χ1) is 9.77. The maximum Gasteiger partial charge on any atom is 0.326 e. The van der Waals surface area contributed by atoms with Gasteiger partial charge >= 0.3 is 5.97 Å². The highest BCUT2D eigenvalue weighted by molar-refractivity contribution is 7.98. The van der Waals surface area contributed by atoms with Crippen LogP contribution in [0.15, 0.2) is 23.1 Å². The molecule has 0 aromatic heterocycles. The molecule has 0 heterocycles. The normalized spacial score (nSPS) is 12.0. The largest absolute Gasteiger partial charge is 0.480 e. The van der Waals surface area contributed by atoms with Crippen molar-refractivity contribution in [1.82, 2.24) is 5.32 Å². The third-order valence-electron chi connectivity index (χ3n) is 2.86. The number of hydrogen-bond donors (Lipinski definition) is 2. The number of thioether (sulfide) groups is 1. The summed E-state index contributed by atoms with van der Waals surface area (Å²) in [6.45, 7) is 3.29. The highest BCUT2D eigenvalue weighted by Gasteiger charge is 2.27. The van der Waals surface area contributed by atoms with Crippen LogP contribution in [0.25, 0.3) is 0 Å². The van der Waals surface area contributed by atoms with E-state index in [9.17, 15) is 19.7 Å². The Morgan fingerprint density at radius 3 is 2.43 bits per heavy atom. The molecule has 8 heteroatoms. The summed E-state index contributed by atoms with van der Waals surface area (Å²) in [6.07, 6.45) is 1.77. The summed E-state index contributed by atoms with van der Waals surface area (Å²) >= 11 is 1.33. The number of hydrogen-bond acceptors (Lipinski definition) is 5. The van der Waals surface area contributed by atoms with Gasteiger partial charge in [0.05, 0.1) is 4.92 Å². The lowest BCUT2D eigenvalue weighted by Crippen LogP contribution is -2.44. The SMILES string of the molecule is CSc1ccc([N+](=O)[O-])c(C(=O)NC(C(=O)O)C(C)C)c1. The smallest absolute Gasteiger partial charge is 0.326 e. The molecule has 0 spiro atoms.